The molecule has 2 bridgehead atoms. The number of piperidine rings is 1. The maximum absolute atomic E-state index is 15.1. The van der Waals surface area contributed by atoms with Crippen molar-refractivity contribution in [1.29, 1.82) is 0 Å². The van der Waals surface area contributed by atoms with Crippen molar-refractivity contribution in [1.82, 2.24) is 9.88 Å². The Balaban J connectivity index is 1.20. The summed E-state index contributed by atoms with van der Waals surface area (Å²) in [5.41, 5.74) is 5.71. The molecule has 3 aromatic rings. The number of aliphatic carboxylic acids is 1. The van der Waals surface area contributed by atoms with Gasteiger partial charge in [0.1, 0.15) is 17.7 Å². The van der Waals surface area contributed by atoms with Crippen molar-refractivity contribution >= 4 is 5.97 Å². The zero-order valence-corrected chi connectivity index (χ0v) is 24.4. The van der Waals surface area contributed by atoms with E-state index in [1.54, 1.807) is 20.1 Å². The van der Waals surface area contributed by atoms with Crippen LogP contribution in [0.1, 0.15) is 79.7 Å². The summed E-state index contributed by atoms with van der Waals surface area (Å²) in [7, 11) is 1.55. The summed E-state index contributed by atoms with van der Waals surface area (Å²) in [4.78, 5) is 18.4. The minimum absolute atomic E-state index is 0.0572. The summed E-state index contributed by atoms with van der Waals surface area (Å²) < 4.78 is 27.1. The topological polar surface area (TPSA) is 74.7 Å². The van der Waals surface area contributed by atoms with Crippen molar-refractivity contribution in [2.45, 2.75) is 76.5 Å². The molecule has 3 fully saturated rings. The Morgan fingerprint density at radius 1 is 1.12 bits per heavy atom. The molecule has 1 aromatic heterocycles. The van der Waals surface area contributed by atoms with E-state index in [1.807, 2.05) is 6.07 Å². The highest BCUT2D eigenvalue weighted by Crippen LogP contribution is 2.48. The first-order valence-corrected chi connectivity index (χ1v) is 15.4. The van der Waals surface area contributed by atoms with Crippen LogP contribution in [0.3, 0.4) is 0 Å². The van der Waals surface area contributed by atoms with Crippen molar-refractivity contribution in [2.75, 3.05) is 13.7 Å². The third-order valence-electron chi connectivity index (χ3n) is 10.2. The van der Waals surface area contributed by atoms with E-state index < -0.39 is 11.9 Å². The van der Waals surface area contributed by atoms with Crippen molar-refractivity contribution in [3.05, 3.63) is 76.7 Å². The molecule has 5 atom stereocenters. The summed E-state index contributed by atoms with van der Waals surface area (Å²) in [5.74, 6) is 0.430. The number of rotatable bonds is 9. The Morgan fingerprint density at radius 2 is 1.98 bits per heavy atom. The lowest BCUT2D eigenvalue weighted by atomic mass is 9.82. The number of fused-ring (bicyclic) bond motifs is 3. The predicted octanol–water partition coefficient (Wildman–Crippen LogP) is 5.83. The number of nitrogens with zero attached hydrogens (tertiary/aromatic N) is 2. The lowest BCUT2D eigenvalue weighted by molar-refractivity contribution is -0.311. The minimum Gasteiger partial charge on any atom is -0.550 e. The molecule has 6 nitrogen and oxygen atoms in total. The van der Waals surface area contributed by atoms with Gasteiger partial charge in [-0.25, -0.2) is 9.37 Å². The number of methoxy groups -OCH3 is 1. The van der Waals surface area contributed by atoms with Gasteiger partial charge < -0.3 is 19.4 Å². The number of halogens is 1. The van der Waals surface area contributed by atoms with Gasteiger partial charge in [-0.05, 0) is 96.6 Å². The van der Waals surface area contributed by atoms with Gasteiger partial charge in [0.05, 0.1) is 13.3 Å². The second-order valence-corrected chi connectivity index (χ2v) is 12.9. The van der Waals surface area contributed by atoms with E-state index in [4.69, 9.17) is 9.47 Å². The Morgan fingerprint density at radius 3 is 2.69 bits per heavy atom. The number of benzene rings is 2. The van der Waals surface area contributed by atoms with E-state index in [9.17, 15) is 9.90 Å². The number of carbonyl (C=O) groups excluding carboxylic acids is 1. The quantitative estimate of drug-likeness (QED) is 0.323. The third kappa shape index (κ3) is 5.17. The van der Waals surface area contributed by atoms with Crippen LogP contribution in [0.25, 0.3) is 11.1 Å². The smallest absolute Gasteiger partial charge is 0.213 e. The average Bonchev–Trinajstić information content (AvgIpc) is 3.61. The van der Waals surface area contributed by atoms with Crippen molar-refractivity contribution < 1.29 is 23.8 Å². The molecule has 0 radical (unpaired) electrons. The number of hydrogen-bond donors (Lipinski definition) is 0. The number of aromatic nitrogens is 1. The molecule has 3 heterocycles. The molecular weight excluding hydrogens is 531 g/mol. The van der Waals surface area contributed by atoms with Crippen molar-refractivity contribution in [3.63, 3.8) is 0 Å². The van der Waals surface area contributed by atoms with Crippen LogP contribution >= 0.6 is 0 Å². The molecule has 2 saturated carbocycles. The van der Waals surface area contributed by atoms with Crippen LogP contribution in [0.4, 0.5) is 4.39 Å². The zero-order chi connectivity index (χ0) is 29.0. The van der Waals surface area contributed by atoms with Crippen LogP contribution in [0.5, 0.6) is 11.6 Å². The summed E-state index contributed by atoms with van der Waals surface area (Å²) in [6, 6.07) is 14.8. The molecule has 2 aromatic carbocycles. The Hall–Kier alpha value is -3.45. The van der Waals surface area contributed by atoms with Gasteiger partial charge in [0.25, 0.3) is 0 Å². The fourth-order valence-corrected chi connectivity index (χ4v) is 7.78. The van der Waals surface area contributed by atoms with Crippen LogP contribution in [0, 0.1) is 23.6 Å². The van der Waals surface area contributed by atoms with E-state index in [1.165, 1.54) is 25.5 Å². The second kappa shape index (κ2) is 11.0. The highest BCUT2D eigenvalue weighted by molar-refractivity contribution is 5.70. The molecule has 2 aliphatic carbocycles. The Bertz CT molecular complexity index is 1500. The number of pyridine rings is 1. The zero-order valence-electron chi connectivity index (χ0n) is 24.4. The second-order valence-electron chi connectivity index (χ2n) is 12.9. The first kappa shape index (κ1) is 27.4. The molecule has 0 amide bonds. The lowest BCUT2D eigenvalue weighted by Gasteiger charge is -2.31. The summed E-state index contributed by atoms with van der Waals surface area (Å²) >= 11 is 0. The molecule has 1 saturated heterocycles. The first-order valence-electron chi connectivity index (χ1n) is 15.4. The molecule has 4 aliphatic rings. The number of hydrogen-bond acceptors (Lipinski definition) is 6. The highest BCUT2D eigenvalue weighted by Gasteiger charge is 2.39. The molecular formula is C35H38FN2O4-. The van der Waals surface area contributed by atoms with Gasteiger partial charge in [0, 0.05) is 42.6 Å². The monoisotopic (exact) mass is 569 g/mol. The Kier molecular flexibility index (Phi) is 7.17. The minimum atomic E-state index is -0.995. The van der Waals surface area contributed by atoms with Crippen LogP contribution in [-0.4, -0.2) is 35.5 Å². The first-order chi connectivity index (χ1) is 20.4. The molecule has 7 heteroatoms. The largest absolute Gasteiger partial charge is 0.550 e. The van der Waals surface area contributed by atoms with Crippen LogP contribution in [-0.2, 0) is 17.8 Å². The van der Waals surface area contributed by atoms with Gasteiger partial charge in [-0.3, -0.25) is 4.90 Å². The number of carboxylic acid groups (broad SMARTS) is 1. The predicted molar refractivity (Wildman–Crippen MR) is 155 cm³/mol. The van der Waals surface area contributed by atoms with Crippen molar-refractivity contribution in [2.24, 2.45) is 17.8 Å². The molecule has 220 valence electrons. The van der Waals surface area contributed by atoms with E-state index >= 15 is 4.39 Å². The molecule has 0 N–H and O–H groups in total. The third-order valence-corrected chi connectivity index (χ3v) is 10.2. The maximum atomic E-state index is 15.1. The summed E-state index contributed by atoms with van der Waals surface area (Å²) in [6.07, 6.45) is 8.75. The summed E-state index contributed by atoms with van der Waals surface area (Å²) in [6.45, 7) is 3.63. The SMILES string of the molecule is COc1cc(-c2ccc(C3CCc4ccc([C@H](C5CC5)[C@H](C)C(=O)[O-])cc4O3)cc2CN2C[C@H]3CC[C@@H]2C3)c(F)cn1. The van der Waals surface area contributed by atoms with Crippen LogP contribution in [0.15, 0.2) is 48.7 Å². The van der Waals surface area contributed by atoms with E-state index in [-0.39, 0.29) is 17.8 Å². The lowest BCUT2D eigenvalue weighted by Crippen LogP contribution is -2.34. The maximum Gasteiger partial charge on any atom is 0.213 e. The fourth-order valence-electron chi connectivity index (χ4n) is 7.78. The normalized spacial score (nSPS) is 24.6. The van der Waals surface area contributed by atoms with Crippen molar-refractivity contribution in [3.8, 4) is 22.8 Å². The number of carbonyl (C=O) groups is 1. The number of ether oxygens (including phenoxy) is 2. The van der Waals surface area contributed by atoms with Gasteiger partial charge in [-0.2, -0.15) is 0 Å². The summed E-state index contributed by atoms with van der Waals surface area (Å²) in [5, 5.41) is 11.8. The van der Waals surface area contributed by atoms with Gasteiger partial charge in [-0.15, -0.1) is 0 Å². The van der Waals surface area contributed by atoms with Crippen LogP contribution < -0.4 is 14.6 Å². The average molecular weight is 570 g/mol. The molecule has 7 rings (SSSR count). The van der Waals surface area contributed by atoms with Gasteiger partial charge in [0.15, 0.2) is 0 Å². The van der Waals surface area contributed by atoms with Gasteiger partial charge in [-0.1, -0.05) is 37.3 Å². The Labute approximate surface area is 246 Å². The van der Waals surface area contributed by atoms with E-state index in [0.717, 1.165) is 78.3 Å². The molecule has 2 aliphatic heterocycles. The van der Waals surface area contributed by atoms with Gasteiger partial charge in [0.2, 0.25) is 5.88 Å². The number of aryl methyl sites for hydroxylation is 1. The fraction of sp³-hybridized carbons (Fsp3) is 0.486. The molecule has 0 spiro atoms. The van der Waals surface area contributed by atoms with Crippen LogP contribution in [0.2, 0.25) is 0 Å². The van der Waals surface area contributed by atoms with E-state index in [2.05, 4.69) is 40.2 Å². The molecule has 42 heavy (non-hydrogen) atoms. The standard InChI is InChI=1S/C35H39FN2O4/c1-20(35(39)40)34(23-5-6-23)25-7-4-22-9-12-31(42-32(22)15-25)24-8-11-28(29-16-33(41-2)37-17-30(29)36)26(14-24)19-38-18-21-3-10-27(38)13-21/h4,7-8,11,14-17,20-21,23,27,31,34H,3,5-6,9-10,12-13,18-19H2,1-2H3,(H,39,40)/p-1/t20-,21-,27+,31?,34-/m0/s1. The van der Waals surface area contributed by atoms with Gasteiger partial charge >= 0.3 is 0 Å². The molecule has 1 unspecified atom stereocenters. The number of carboxylic acids is 1. The van der Waals surface area contributed by atoms with E-state index in [0.29, 0.717) is 23.4 Å². The highest BCUT2D eigenvalue weighted by atomic mass is 19.1. The number of likely N-dealkylation sites (tertiary alicyclic amines) is 1.